The van der Waals surface area contributed by atoms with E-state index in [4.69, 9.17) is 9.47 Å². The molecule has 0 radical (unpaired) electrons. The Hall–Kier alpha value is -0.830. The Morgan fingerprint density at radius 1 is 1.00 bits per heavy atom. The summed E-state index contributed by atoms with van der Waals surface area (Å²) in [5, 5.41) is 0. The summed E-state index contributed by atoms with van der Waals surface area (Å²) < 4.78 is 11.8. The summed E-state index contributed by atoms with van der Waals surface area (Å²) in [5.74, 6) is 4.18. The Kier molecular flexibility index (Phi) is 5.90. The normalized spacial score (nSPS) is 13.4. The second kappa shape index (κ2) is 7.68. The first-order valence-corrected chi connectivity index (χ1v) is 8.49. The van der Waals surface area contributed by atoms with E-state index in [1.54, 1.807) is 0 Å². The number of hydrogen-bond donors (Lipinski definition) is 0. The van der Waals surface area contributed by atoms with Crippen molar-refractivity contribution in [1.29, 1.82) is 0 Å². The van der Waals surface area contributed by atoms with Gasteiger partial charge in [0.15, 0.2) is 0 Å². The summed E-state index contributed by atoms with van der Waals surface area (Å²) in [7, 11) is 0. The van der Waals surface area contributed by atoms with Gasteiger partial charge in [0.25, 0.3) is 0 Å². The van der Waals surface area contributed by atoms with E-state index >= 15 is 0 Å². The molecule has 0 saturated carbocycles. The summed E-state index contributed by atoms with van der Waals surface area (Å²) in [5.41, 5.74) is 2.77. The van der Waals surface area contributed by atoms with E-state index in [0.29, 0.717) is 0 Å². The van der Waals surface area contributed by atoms with Gasteiger partial charge in [-0.05, 0) is 24.5 Å². The number of rotatable bonds is 8. The summed E-state index contributed by atoms with van der Waals surface area (Å²) in [4.78, 5) is 0. The molecule has 1 aromatic carbocycles. The van der Waals surface area contributed by atoms with Crippen molar-refractivity contribution < 1.29 is 9.47 Å². The molecule has 106 valence electrons. The molecule has 0 fully saturated rings. The Bertz CT molecular complexity index is 404. The zero-order valence-corrected chi connectivity index (χ0v) is 12.9. The minimum Gasteiger partial charge on any atom is -0.493 e. The van der Waals surface area contributed by atoms with Crippen LogP contribution in [0.3, 0.4) is 0 Å². The average molecular weight is 280 g/mol. The molecule has 1 heterocycles. The molecule has 0 unspecified atom stereocenters. The van der Waals surface area contributed by atoms with Crippen molar-refractivity contribution >= 4 is 11.8 Å². The Balaban J connectivity index is 2.06. The van der Waals surface area contributed by atoms with Crippen LogP contribution < -0.4 is 9.47 Å². The molecule has 19 heavy (non-hydrogen) atoms. The van der Waals surface area contributed by atoms with E-state index in [1.165, 1.54) is 24.0 Å². The van der Waals surface area contributed by atoms with E-state index in [2.05, 4.69) is 26.0 Å². The summed E-state index contributed by atoms with van der Waals surface area (Å²) in [6, 6.07) is 4.27. The number of hydrogen-bond acceptors (Lipinski definition) is 3. The van der Waals surface area contributed by atoms with E-state index in [0.717, 1.165) is 49.1 Å². The highest BCUT2D eigenvalue weighted by Gasteiger charge is 2.18. The smallest absolute Gasteiger partial charge is 0.127 e. The van der Waals surface area contributed by atoms with Gasteiger partial charge in [0.2, 0.25) is 0 Å². The topological polar surface area (TPSA) is 18.5 Å². The first-order valence-electron chi connectivity index (χ1n) is 7.34. The maximum absolute atomic E-state index is 5.94. The van der Waals surface area contributed by atoms with Crippen LogP contribution in [0.2, 0.25) is 0 Å². The van der Waals surface area contributed by atoms with Gasteiger partial charge in [-0.1, -0.05) is 26.7 Å². The van der Waals surface area contributed by atoms with Gasteiger partial charge in [-0.2, -0.15) is 11.8 Å². The molecule has 2 rings (SSSR count). The molecule has 0 aliphatic carbocycles. The van der Waals surface area contributed by atoms with Crippen LogP contribution >= 0.6 is 11.8 Å². The molecular weight excluding hydrogens is 256 g/mol. The lowest BCUT2D eigenvalue weighted by Crippen LogP contribution is -2.02. The van der Waals surface area contributed by atoms with Crippen LogP contribution in [0.15, 0.2) is 12.1 Å². The average Bonchev–Trinajstić information content (AvgIpc) is 2.88. The highest BCUT2D eigenvalue weighted by molar-refractivity contribution is 7.98. The maximum Gasteiger partial charge on any atom is 0.127 e. The molecule has 0 amide bonds. The fourth-order valence-electron chi connectivity index (χ4n) is 2.10. The largest absolute Gasteiger partial charge is 0.493 e. The molecule has 0 N–H and O–H groups in total. The Labute approximate surface area is 120 Å². The van der Waals surface area contributed by atoms with Gasteiger partial charge in [-0.3, -0.25) is 0 Å². The van der Waals surface area contributed by atoms with Crippen molar-refractivity contribution in [2.45, 2.75) is 51.0 Å². The lowest BCUT2D eigenvalue weighted by molar-refractivity contribution is 0.292. The van der Waals surface area contributed by atoms with Crippen molar-refractivity contribution in [2.75, 3.05) is 13.2 Å². The van der Waals surface area contributed by atoms with E-state index < -0.39 is 0 Å². The Morgan fingerprint density at radius 2 is 1.74 bits per heavy atom. The van der Waals surface area contributed by atoms with Gasteiger partial charge in [-0.25, -0.2) is 0 Å². The molecule has 1 aliphatic heterocycles. The highest BCUT2D eigenvalue weighted by Crippen LogP contribution is 2.39. The molecule has 0 atom stereocenters. The van der Waals surface area contributed by atoms with Gasteiger partial charge in [0.05, 0.1) is 13.2 Å². The zero-order chi connectivity index (χ0) is 13.5. The van der Waals surface area contributed by atoms with Crippen LogP contribution in [-0.4, -0.2) is 13.2 Å². The molecule has 0 aromatic heterocycles. The predicted molar refractivity (Wildman–Crippen MR) is 82.2 cm³/mol. The summed E-state index contributed by atoms with van der Waals surface area (Å²) in [6.45, 7) is 5.98. The first kappa shape index (κ1) is 14.6. The maximum atomic E-state index is 5.94. The van der Waals surface area contributed by atoms with Crippen LogP contribution in [0.5, 0.6) is 11.5 Å². The molecule has 1 aliphatic rings. The summed E-state index contributed by atoms with van der Waals surface area (Å²) >= 11 is 1.96. The van der Waals surface area contributed by atoms with Crippen LogP contribution in [0, 0.1) is 0 Å². The van der Waals surface area contributed by atoms with Gasteiger partial charge in [0.1, 0.15) is 11.5 Å². The minimum atomic E-state index is 0.802. The molecule has 0 spiro atoms. The number of benzene rings is 1. The number of ether oxygens (including phenoxy) is 2. The minimum absolute atomic E-state index is 0.802. The quantitative estimate of drug-likeness (QED) is 0.638. The molecular formula is C16H24O2S. The van der Waals surface area contributed by atoms with Crippen molar-refractivity contribution in [3.8, 4) is 11.5 Å². The second-order valence-corrected chi connectivity index (χ2v) is 5.94. The SMILES string of the molecule is CCCCOc1cc2c(c(OCCCC)c1)CSC2. The molecule has 1 aromatic rings. The first-order chi connectivity index (χ1) is 9.35. The zero-order valence-electron chi connectivity index (χ0n) is 12.0. The lowest BCUT2D eigenvalue weighted by Gasteiger charge is -2.13. The van der Waals surface area contributed by atoms with Gasteiger partial charge < -0.3 is 9.47 Å². The standard InChI is InChI=1S/C16H24O2S/c1-3-5-7-17-14-9-13-11-19-12-15(13)16(10-14)18-8-6-4-2/h9-10H,3-8,11-12H2,1-2H3. The van der Waals surface area contributed by atoms with Crippen LogP contribution in [0.4, 0.5) is 0 Å². The van der Waals surface area contributed by atoms with Gasteiger partial charge in [0, 0.05) is 23.1 Å². The van der Waals surface area contributed by atoms with Crippen LogP contribution in [-0.2, 0) is 11.5 Å². The van der Waals surface area contributed by atoms with Crippen molar-refractivity contribution in [3.05, 3.63) is 23.3 Å². The third kappa shape index (κ3) is 4.07. The monoisotopic (exact) mass is 280 g/mol. The Morgan fingerprint density at radius 3 is 2.47 bits per heavy atom. The van der Waals surface area contributed by atoms with Gasteiger partial charge in [-0.15, -0.1) is 0 Å². The number of fused-ring (bicyclic) bond motifs is 1. The molecule has 2 nitrogen and oxygen atoms in total. The molecule has 3 heteroatoms. The third-order valence-electron chi connectivity index (χ3n) is 3.30. The predicted octanol–water partition coefficient (Wildman–Crippen LogP) is 4.79. The van der Waals surface area contributed by atoms with E-state index in [-0.39, 0.29) is 0 Å². The lowest BCUT2D eigenvalue weighted by atomic mass is 10.1. The van der Waals surface area contributed by atoms with Crippen molar-refractivity contribution in [2.24, 2.45) is 0 Å². The second-order valence-electron chi connectivity index (χ2n) is 4.96. The fraction of sp³-hybridized carbons (Fsp3) is 0.625. The summed E-state index contributed by atoms with van der Waals surface area (Å²) in [6.07, 6.45) is 4.56. The van der Waals surface area contributed by atoms with Crippen LogP contribution in [0.25, 0.3) is 0 Å². The number of unbranched alkanes of at least 4 members (excludes halogenated alkanes) is 2. The number of thioether (sulfide) groups is 1. The van der Waals surface area contributed by atoms with Crippen molar-refractivity contribution in [1.82, 2.24) is 0 Å². The fourth-order valence-corrected chi connectivity index (χ4v) is 3.21. The van der Waals surface area contributed by atoms with Gasteiger partial charge >= 0.3 is 0 Å². The molecule has 0 saturated heterocycles. The van der Waals surface area contributed by atoms with E-state index in [9.17, 15) is 0 Å². The molecule has 0 bridgehead atoms. The van der Waals surface area contributed by atoms with Crippen LogP contribution in [0.1, 0.15) is 50.7 Å². The van der Waals surface area contributed by atoms with E-state index in [1.807, 2.05) is 11.8 Å². The highest BCUT2D eigenvalue weighted by atomic mass is 32.2. The third-order valence-corrected chi connectivity index (χ3v) is 4.31. The van der Waals surface area contributed by atoms with Crippen molar-refractivity contribution in [3.63, 3.8) is 0 Å².